The zero-order chi connectivity index (χ0) is 20.4. The van der Waals surface area contributed by atoms with Crippen LogP contribution in [-0.2, 0) is 21.6 Å². The van der Waals surface area contributed by atoms with Gasteiger partial charge < -0.3 is 9.84 Å². The first kappa shape index (κ1) is 20.2. The minimum atomic E-state index is -0.825. The van der Waals surface area contributed by atoms with Gasteiger partial charge in [0.15, 0.2) is 0 Å². The number of aryl methyl sites for hydroxylation is 1. The van der Waals surface area contributed by atoms with E-state index in [4.69, 9.17) is 9.84 Å². The van der Waals surface area contributed by atoms with Gasteiger partial charge in [0.25, 0.3) is 0 Å². The second kappa shape index (κ2) is 7.81. The highest BCUT2D eigenvalue weighted by Crippen LogP contribution is 2.51. The zero-order valence-corrected chi connectivity index (χ0v) is 17.1. The summed E-state index contributed by atoms with van der Waals surface area (Å²) in [5, 5.41) is 8.83. The highest BCUT2D eigenvalue weighted by atomic mass is 16.5. The Hall–Kier alpha value is -2.57. The maximum atomic E-state index is 10.8. The summed E-state index contributed by atoms with van der Waals surface area (Å²) in [5.74, 6) is 5.54. The molecule has 3 rings (SSSR count). The number of rotatable bonds is 5. The molecule has 1 saturated carbocycles. The molecule has 0 aromatic heterocycles. The lowest BCUT2D eigenvalue weighted by Crippen LogP contribution is -2.22. The summed E-state index contributed by atoms with van der Waals surface area (Å²) >= 11 is 0. The molecule has 2 aromatic carbocycles. The third kappa shape index (κ3) is 5.24. The van der Waals surface area contributed by atoms with Crippen LogP contribution in [0.4, 0.5) is 0 Å². The van der Waals surface area contributed by atoms with Crippen molar-refractivity contribution in [3.05, 3.63) is 70.3 Å². The molecule has 0 saturated heterocycles. The molecule has 1 fully saturated rings. The van der Waals surface area contributed by atoms with Crippen molar-refractivity contribution in [3.8, 4) is 11.8 Å². The summed E-state index contributed by atoms with van der Waals surface area (Å²) in [7, 11) is 0. The predicted molar refractivity (Wildman–Crippen MR) is 111 cm³/mol. The first-order valence-electron chi connectivity index (χ1n) is 9.75. The molecule has 0 bridgehead atoms. The molecular formula is C25H28O3. The van der Waals surface area contributed by atoms with Crippen molar-refractivity contribution in [2.75, 3.05) is 6.61 Å². The van der Waals surface area contributed by atoms with Crippen LogP contribution in [0.1, 0.15) is 61.4 Å². The number of benzene rings is 2. The van der Waals surface area contributed by atoms with E-state index in [1.165, 1.54) is 11.1 Å². The van der Waals surface area contributed by atoms with E-state index in [0.29, 0.717) is 0 Å². The van der Waals surface area contributed by atoms with E-state index in [1.54, 1.807) is 0 Å². The van der Waals surface area contributed by atoms with E-state index in [9.17, 15) is 4.79 Å². The number of hydrogen-bond donors (Lipinski definition) is 1. The number of carboxylic acids is 1. The monoisotopic (exact) mass is 376 g/mol. The van der Waals surface area contributed by atoms with Crippen molar-refractivity contribution in [3.63, 3.8) is 0 Å². The molecule has 0 heterocycles. The molecule has 28 heavy (non-hydrogen) atoms. The molecule has 0 spiro atoms. The standard InChI is InChI=1S/C25H28O3/c1-18-15-20(8-5-19-6-9-21(10-7-19)16-23(26)27)11-12-22(18)25(13-14-25)28-17-24(2,3)4/h6-7,9-12,15H,13-14,16-17H2,1-4H3,(H,26,27). The Morgan fingerprint density at radius 3 is 2.21 bits per heavy atom. The molecule has 0 atom stereocenters. The highest BCUT2D eigenvalue weighted by Gasteiger charge is 2.47. The minimum absolute atomic E-state index is 0.0351. The molecule has 0 amide bonds. The first-order valence-corrected chi connectivity index (χ1v) is 9.75. The van der Waals surface area contributed by atoms with Crippen LogP contribution in [0, 0.1) is 24.2 Å². The molecule has 1 aliphatic rings. The Bertz CT molecular complexity index is 917. The molecule has 0 unspecified atom stereocenters. The molecule has 3 heteroatoms. The molecule has 0 radical (unpaired) electrons. The van der Waals surface area contributed by atoms with Crippen molar-refractivity contribution in [2.45, 2.75) is 52.6 Å². The first-order chi connectivity index (χ1) is 13.2. The number of carboxylic acid groups (broad SMARTS) is 1. The summed E-state index contributed by atoms with van der Waals surface area (Å²) < 4.78 is 6.30. The van der Waals surface area contributed by atoms with Crippen molar-refractivity contribution in [2.24, 2.45) is 5.41 Å². The van der Waals surface area contributed by atoms with E-state index in [0.717, 1.165) is 36.1 Å². The molecule has 146 valence electrons. The van der Waals surface area contributed by atoms with Gasteiger partial charge in [-0.25, -0.2) is 0 Å². The molecule has 0 aliphatic heterocycles. The van der Waals surface area contributed by atoms with Crippen LogP contribution in [0.3, 0.4) is 0 Å². The summed E-state index contributed by atoms with van der Waals surface area (Å²) in [6.45, 7) is 9.47. The number of aliphatic carboxylic acids is 1. The van der Waals surface area contributed by atoms with Gasteiger partial charge in [-0.05, 0) is 66.1 Å². The van der Waals surface area contributed by atoms with Crippen molar-refractivity contribution < 1.29 is 14.6 Å². The second-order valence-electron chi connectivity index (χ2n) is 8.89. The third-order valence-corrected chi connectivity index (χ3v) is 4.86. The normalized spacial score (nSPS) is 14.9. The van der Waals surface area contributed by atoms with Gasteiger partial charge in [0, 0.05) is 11.1 Å². The maximum Gasteiger partial charge on any atom is 0.307 e. The van der Waals surface area contributed by atoms with Crippen molar-refractivity contribution in [1.82, 2.24) is 0 Å². The number of carbonyl (C=O) groups is 1. The smallest absolute Gasteiger partial charge is 0.307 e. The van der Waals surface area contributed by atoms with Gasteiger partial charge in [0.05, 0.1) is 18.6 Å². The summed E-state index contributed by atoms with van der Waals surface area (Å²) in [6.07, 6.45) is 2.20. The number of ether oxygens (including phenoxy) is 1. The predicted octanol–water partition coefficient (Wildman–Crippen LogP) is 5.07. The molecule has 3 nitrogen and oxygen atoms in total. The lowest BCUT2D eigenvalue weighted by molar-refractivity contribution is -0.136. The van der Waals surface area contributed by atoms with E-state index in [-0.39, 0.29) is 17.4 Å². The average molecular weight is 376 g/mol. The van der Waals surface area contributed by atoms with E-state index < -0.39 is 5.97 Å². The van der Waals surface area contributed by atoms with Crippen LogP contribution >= 0.6 is 0 Å². The fraction of sp³-hybridized carbons (Fsp3) is 0.400. The molecule has 1 N–H and O–H groups in total. The fourth-order valence-corrected chi connectivity index (χ4v) is 3.24. The number of hydrogen-bond acceptors (Lipinski definition) is 2. The van der Waals surface area contributed by atoms with Gasteiger partial charge in [0.2, 0.25) is 0 Å². The fourth-order valence-electron chi connectivity index (χ4n) is 3.24. The van der Waals surface area contributed by atoms with Crippen LogP contribution < -0.4 is 0 Å². The van der Waals surface area contributed by atoms with Crippen LogP contribution in [0.25, 0.3) is 0 Å². The Labute approximate surface area is 167 Å². The SMILES string of the molecule is Cc1cc(C#Cc2ccc(CC(=O)O)cc2)ccc1C1(OCC(C)(C)C)CC1. The lowest BCUT2D eigenvalue weighted by atomic mass is 9.96. The van der Waals surface area contributed by atoms with E-state index in [1.807, 2.05) is 24.3 Å². The molecule has 1 aliphatic carbocycles. The Kier molecular flexibility index (Phi) is 5.63. The van der Waals surface area contributed by atoms with Gasteiger partial charge >= 0.3 is 5.97 Å². The van der Waals surface area contributed by atoms with E-state index in [2.05, 4.69) is 57.7 Å². The van der Waals surface area contributed by atoms with Gasteiger partial charge in [-0.1, -0.05) is 50.8 Å². The maximum absolute atomic E-state index is 10.8. The van der Waals surface area contributed by atoms with Crippen molar-refractivity contribution >= 4 is 5.97 Å². The van der Waals surface area contributed by atoms with E-state index >= 15 is 0 Å². The van der Waals surface area contributed by atoms with Crippen LogP contribution in [0.2, 0.25) is 0 Å². The summed E-state index contributed by atoms with van der Waals surface area (Å²) in [5.41, 5.74) is 5.18. The van der Waals surface area contributed by atoms with Gasteiger partial charge in [-0.2, -0.15) is 0 Å². The van der Waals surface area contributed by atoms with Crippen molar-refractivity contribution in [1.29, 1.82) is 0 Å². The molecular weight excluding hydrogens is 348 g/mol. The minimum Gasteiger partial charge on any atom is -0.481 e. The van der Waals surface area contributed by atoms with Gasteiger partial charge in [-0.3, -0.25) is 4.79 Å². The average Bonchev–Trinajstić information content (AvgIpc) is 3.39. The third-order valence-electron chi connectivity index (χ3n) is 4.86. The second-order valence-corrected chi connectivity index (χ2v) is 8.89. The van der Waals surface area contributed by atoms with Gasteiger partial charge in [0.1, 0.15) is 0 Å². The zero-order valence-electron chi connectivity index (χ0n) is 17.1. The van der Waals surface area contributed by atoms with Gasteiger partial charge in [-0.15, -0.1) is 0 Å². The van der Waals surface area contributed by atoms with Crippen LogP contribution in [-0.4, -0.2) is 17.7 Å². The highest BCUT2D eigenvalue weighted by molar-refractivity contribution is 5.70. The summed E-state index contributed by atoms with van der Waals surface area (Å²) in [4.78, 5) is 10.8. The quantitative estimate of drug-likeness (QED) is 0.741. The lowest BCUT2D eigenvalue weighted by Gasteiger charge is -2.25. The topological polar surface area (TPSA) is 46.5 Å². The Morgan fingerprint density at radius 1 is 1.07 bits per heavy atom. The summed E-state index contributed by atoms with van der Waals surface area (Å²) in [6, 6.07) is 13.7. The largest absolute Gasteiger partial charge is 0.481 e. The molecule has 2 aromatic rings. The Morgan fingerprint density at radius 2 is 1.68 bits per heavy atom. The van der Waals surface area contributed by atoms with Crippen LogP contribution in [0.5, 0.6) is 0 Å². The van der Waals surface area contributed by atoms with Crippen LogP contribution in [0.15, 0.2) is 42.5 Å². The Balaban J connectivity index is 1.72.